The van der Waals surface area contributed by atoms with E-state index in [9.17, 15) is 23.1 Å². The van der Waals surface area contributed by atoms with E-state index in [1.807, 2.05) is 19.9 Å². The van der Waals surface area contributed by atoms with Crippen LogP contribution < -0.4 is 9.64 Å². The van der Waals surface area contributed by atoms with E-state index in [1.54, 1.807) is 25.3 Å². The highest BCUT2D eigenvalue weighted by Gasteiger charge is 2.36. The van der Waals surface area contributed by atoms with Crippen LogP contribution in [0.15, 0.2) is 48.2 Å². The summed E-state index contributed by atoms with van der Waals surface area (Å²) in [5.41, 5.74) is 2.21. The molecule has 1 aliphatic rings. The number of ether oxygens (including phenoxy) is 1. The fourth-order valence-corrected chi connectivity index (χ4v) is 3.76. The van der Waals surface area contributed by atoms with Crippen molar-refractivity contribution in [2.45, 2.75) is 26.8 Å². The molecule has 0 unspecified atom stereocenters. The molecule has 0 radical (unpaired) electrons. The molecule has 1 N–H and O–H groups in total. The summed E-state index contributed by atoms with van der Waals surface area (Å²) >= 11 is 5.40. The zero-order chi connectivity index (χ0) is 24.3. The van der Waals surface area contributed by atoms with E-state index in [2.05, 4.69) is 9.64 Å². The Labute approximate surface area is 195 Å². The maximum absolute atomic E-state index is 13.0. The van der Waals surface area contributed by atoms with Crippen molar-refractivity contribution < 1.29 is 27.8 Å². The number of hydrogen-bond acceptors (Lipinski definition) is 5. The molecule has 2 aromatic carbocycles. The number of carbonyl (C=O) groups excluding carboxylic acids is 1. The van der Waals surface area contributed by atoms with E-state index in [4.69, 9.17) is 12.2 Å². The number of halogens is 3. The fraction of sp³-hybridized carbons (Fsp3) is 0.304. The van der Waals surface area contributed by atoms with Gasteiger partial charge in [-0.05, 0) is 62.0 Å². The molecule has 10 heteroatoms. The first kappa shape index (κ1) is 24.4. The quantitative estimate of drug-likeness (QED) is 0.458. The van der Waals surface area contributed by atoms with Crippen molar-refractivity contribution in [2.24, 2.45) is 0 Å². The molecule has 1 heterocycles. The van der Waals surface area contributed by atoms with Crippen LogP contribution in [0.25, 0.3) is 6.08 Å². The third-order valence-corrected chi connectivity index (χ3v) is 5.77. The lowest BCUT2D eigenvalue weighted by Gasteiger charge is -2.21. The topological polar surface area (TPSA) is 56.2 Å². The molecule has 0 aliphatic carbocycles. The highest BCUT2D eigenvalue weighted by atomic mass is 32.1. The van der Waals surface area contributed by atoms with Gasteiger partial charge in [0.15, 0.2) is 5.11 Å². The second-order valence-corrected chi connectivity index (χ2v) is 7.73. The molecule has 1 saturated heterocycles. The maximum Gasteiger partial charge on any atom is 0.573 e. The van der Waals surface area contributed by atoms with Crippen molar-refractivity contribution in [3.05, 3.63) is 59.3 Å². The molecule has 0 bridgehead atoms. The molecule has 2 aromatic rings. The number of benzene rings is 2. The fourth-order valence-electron chi connectivity index (χ4n) is 3.52. The van der Waals surface area contributed by atoms with Crippen LogP contribution in [0.4, 0.5) is 18.9 Å². The average Bonchev–Trinajstić information content (AvgIpc) is 2.94. The average molecular weight is 480 g/mol. The second-order valence-electron chi connectivity index (χ2n) is 7.37. The number of amides is 1. The maximum atomic E-state index is 13.0. The van der Waals surface area contributed by atoms with E-state index in [0.29, 0.717) is 11.1 Å². The summed E-state index contributed by atoms with van der Waals surface area (Å²) in [6, 6.07) is 10.5. The first-order chi connectivity index (χ1) is 15.5. The highest BCUT2D eigenvalue weighted by Crippen LogP contribution is 2.30. The molecule has 0 saturated carbocycles. The largest absolute Gasteiger partial charge is 0.573 e. The normalized spacial score (nSPS) is 15.5. The summed E-state index contributed by atoms with van der Waals surface area (Å²) in [5, 5.41) is 10.7. The first-order valence-electron chi connectivity index (χ1n) is 10.3. The zero-order valence-corrected chi connectivity index (χ0v) is 19.2. The molecule has 176 valence electrons. The van der Waals surface area contributed by atoms with E-state index in [0.717, 1.165) is 18.8 Å². The van der Waals surface area contributed by atoms with Crippen LogP contribution >= 0.6 is 12.2 Å². The second kappa shape index (κ2) is 9.70. The van der Waals surface area contributed by atoms with Gasteiger partial charge in [-0.25, -0.2) is 0 Å². The lowest BCUT2D eigenvalue weighted by molar-refractivity contribution is -0.274. The Hall–Kier alpha value is -3.27. The van der Waals surface area contributed by atoms with Gasteiger partial charge in [-0.1, -0.05) is 12.1 Å². The lowest BCUT2D eigenvalue weighted by Crippen LogP contribution is -2.30. The summed E-state index contributed by atoms with van der Waals surface area (Å²) in [5.74, 6) is -0.675. The number of anilines is 1. The highest BCUT2D eigenvalue weighted by molar-refractivity contribution is 7.80. The summed E-state index contributed by atoms with van der Waals surface area (Å²) in [4.78, 5) is 18.0. The Kier molecular flexibility index (Phi) is 7.16. The molecular weight excluding hydrogens is 455 g/mol. The molecule has 0 aromatic heterocycles. The Balaban J connectivity index is 1.79. The number of thiocarbonyl (C=S) groups is 1. The number of phenolic OH excluding ortho intramolecular Hbond substituents is 1. The van der Waals surface area contributed by atoms with Gasteiger partial charge in [-0.3, -0.25) is 9.69 Å². The predicted octanol–water partition coefficient (Wildman–Crippen LogP) is 4.74. The van der Waals surface area contributed by atoms with Crippen molar-refractivity contribution in [3.8, 4) is 11.5 Å². The standard InChI is InChI=1S/C23H24F3N3O3S/c1-4-28(5-2)17-9-8-16(20(30)13-17)12-19-21(31)29(22(33)27(19)3)14-15-6-10-18(11-7-15)32-23(24,25)26/h6-13,30H,4-5,14H2,1-3H3/b19-12+. The molecule has 0 spiro atoms. The van der Waals surface area contributed by atoms with Crippen molar-refractivity contribution in [3.63, 3.8) is 0 Å². The summed E-state index contributed by atoms with van der Waals surface area (Å²) < 4.78 is 40.9. The number of aromatic hydroxyl groups is 1. The molecule has 1 aliphatic heterocycles. The third-order valence-electron chi connectivity index (χ3n) is 5.28. The minimum absolute atomic E-state index is 0.0396. The van der Waals surface area contributed by atoms with E-state index >= 15 is 0 Å². The molecular formula is C23H24F3N3O3S. The van der Waals surface area contributed by atoms with Crippen molar-refractivity contribution in [1.29, 1.82) is 0 Å². The van der Waals surface area contributed by atoms with Gasteiger partial charge < -0.3 is 19.6 Å². The van der Waals surface area contributed by atoms with Crippen molar-refractivity contribution in [2.75, 3.05) is 25.0 Å². The number of rotatable bonds is 7. The van der Waals surface area contributed by atoms with Crippen molar-refractivity contribution in [1.82, 2.24) is 9.80 Å². The molecule has 1 amide bonds. The number of nitrogens with zero attached hydrogens (tertiary/aromatic N) is 3. The van der Waals surface area contributed by atoms with Gasteiger partial charge in [0.05, 0.1) is 6.54 Å². The predicted molar refractivity (Wildman–Crippen MR) is 124 cm³/mol. The van der Waals surface area contributed by atoms with Gasteiger partial charge in [-0.15, -0.1) is 13.2 Å². The summed E-state index contributed by atoms with van der Waals surface area (Å²) in [6.45, 7) is 5.72. The Morgan fingerprint density at radius 3 is 2.30 bits per heavy atom. The van der Waals surface area contributed by atoms with Crippen LogP contribution in [0.5, 0.6) is 11.5 Å². The van der Waals surface area contributed by atoms with Crippen LogP contribution in [0, 0.1) is 0 Å². The van der Waals surface area contributed by atoms with Crippen LogP contribution in [-0.4, -0.2) is 52.4 Å². The first-order valence-corrected chi connectivity index (χ1v) is 10.7. The van der Waals surface area contributed by atoms with Crippen LogP contribution in [0.3, 0.4) is 0 Å². The van der Waals surface area contributed by atoms with Crippen LogP contribution in [0.2, 0.25) is 0 Å². The smallest absolute Gasteiger partial charge is 0.507 e. The van der Waals surface area contributed by atoms with Gasteiger partial charge in [0.25, 0.3) is 5.91 Å². The SMILES string of the molecule is CCN(CC)c1ccc(/C=C2\C(=O)N(Cc3ccc(OC(F)(F)F)cc3)C(=S)N2C)c(O)c1. The number of likely N-dealkylation sites (N-methyl/N-ethyl adjacent to an activating group) is 1. The lowest BCUT2D eigenvalue weighted by atomic mass is 10.1. The van der Waals surface area contributed by atoms with E-state index < -0.39 is 6.36 Å². The number of phenols is 1. The van der Waals surface area contributed by atoms with Gasteiger partial charge in [-0.2, -0.15) is 0 Å². The van der Waals surface area contributed by atoms with E-state index in [1.165, 1.54) is 34.1 Å². The van der Waals surface area contributed by atoms with Gasteiger partial charge >= 0.3 is 6.36 Å². The number of carbonyl (C=O) groups is 1. The van der Waals surface area contributed by atoms with Crippen LogP contribution in [-0.2, 0) is 11.3 Å². The minimum atomic E-state index is -4.77. The third kappa shape index (κ3) is 5.57. The van der Waals surface area contributed by atoms with Gasteiger partial charge in [0.1, 0.15) is 17.2 Å². The van der Waals surface area contributed by atoms with Crippen molar-refractivity contribution >= 4 is 35.0 Å². The number of hydrogen-bond donors (Lipinski definition) is 1. The molecule has 33 heavy (non-hydrogen) atoms. The molecule has 3 rings (SSSR count). The Morgan fingerprint density at radius 2 is 1.76 bits per heavy atom. The van der Waals surface area contributed by atoms with E-state index in [-0.39, 0.29) is 34.8 Å². The van der Waals surface area contributed by atoms with Gasteiger partial charge in [0, 0.05) is 37.5 Å². The summed E-state index contributed by atoms with van der Waals surface area (Å²) in [6.07, 6.45) is -3.21. The Bertz CT molecular complexity index is 1070. The monoisotopic (exact) mass is 479 g/mol. The molecule has 1 fully saturated rings. The minimum Gasteiger partial charge on any atom is -0.507 e. The number of alkyl halides is 3. The summed E-state index contributed by atoms with van der Waals surface area (Å²) in [7, 11) is 1.65. The zero-order valence-electron chi connectivity index (χ0n) is 18.4. The molecule has 6 nitrogen and oxygen atoms in total. The Morgan fingerprint density at radius 1 is 1.12 bits per heavy atom. The van der Waals surface area contributed by atoms with Crippen LogP contribution in [0.1, 0.15) is 25.0 Å². The molecule has 0 atom stereocenters. The van der Waals surface area contributed by atoms with Gasteiger partial charge in [0.2, 0.25) is 0 Å².